The van der Waals surface area contributed by atoms with Crippen molar-refractivity contribution in [1.82, 2.24) is 0 Å². The molecule has 0 aliphatic carbocycles. The molecule has 2 heteroatoms. The predicted molar refractivity (Wildman–Crippen MR) is 133 cm³/mol. The molecule has 2 nitrogen and oxygen atoms in total. The van der Waals surface area contributed by atoms with Crippen LogP contribution in [0.5, 0.6) is 0 Å². The maximum absolute atomic E-state index is 4.96. The monoisotopic (exact) mass is 407 g/mol. The molecule has 0 spiro atoms. The summed E-state index contributed by atoms with van der Waals surface area (Å²) >= 11 is 0. The first kappa shape index (κ1) is 24.3. The highest BCUT2D eigenvalue weighted by molar-refractivity contribution is 6.06. The Morgan fingerprint density at radius 1 is 1.07 bits per heavy atom. The van der Waals surface area contributed by atoms with E-state index in [1.165, 1.54) is 17.7 Å². The van der Waals surface area contributed by atoms with Crippen molar-refractivity contribution in [2.24, 2.45) is 27.7 Å². The molecule has 0 bridgehead atoms. The molecule has 30 heavy (non-hydrogen) atoms. The number of allylic oxidation sites excluding steroid dienone is 3. The smallest absolute Gasteiger partial charge is 0.200 e. The van der Waals surface area contributed by atoms with Crippen LogP contribution in [0.25, 0.3) is 0 Å². The summed E-state index contributed by atoms with van der Waals surface area (Å²) in [4.78, 5) is 4.96. The average molecular weight is 408 g/mol. The van der Waals surface area contributed by atoms with E-state index in [1.807, 2.05) is 6.08 Å². The molecule has 0 amide bonds. The molecule has 2 rings (SSSR count). The van der Waals surface area contributed by atoms with Gasteiger partial charge < -0.3 is 0 Å². The van der Waals surface area contributed by atoms with Crippen LogP contribution in [0.15, 0.2) is 54.1 Å². The number of hydrogen-bond donors (Lipinski definition) is 0. The third-order valence-corrected chi connectivity index (χ3v) is 6.33. The molecule has 0 fully saturated rings. The van der Waals surface area contributed by atoms with E-state index in [2.05, 4.69) is 110 Å². The van der Waals surface area contributed by atoms with Crippen molar-refractivity contribution in [3.63, 3.8) is 0 Å². The van der Waals surface area contributed by atoms with Crippen LogP contribution in [0, 0.1) is 22.7 Å². The molecule has 0 aromatic heterocycles. The second kappa shape index (κ2) is 9.45. The van der Waals surface area contributed by atoms with Crippen LogP contribution in [-0.2, 0) is 0 Å². The third kappa shape index (κ3) is 5.39. The summed E-state index contributed by atoms with van der Waals surface area (Å²) in [6, 6.07) is 9.14. The van der Waals surface area contributed by atoms with Crippen molar-refractivity contribution in [1.29, 1.82) is 0 Å². The van der Waals surface area contributed by atoms with Crippen LogP contribution in [0.4, 0.5) is 5.69 Å². The lowest BCUT2D eigenvalue weighted by atomic mass is 9.76. The molecular weight excluding hydrogens is 364 g/mol. The number of aliphatic imine (C=N–C) groups is 1. The molecule has 1 heterocycles. The Kier molecular flexibility index (Phi) is 7.66. The first-order valence-corrected chi connectivity index (χ1v) is 11.6. The minimum atomic E-state index is 0.0190. The minimum absolute atomic E-state index is 0.0190. The summed E-state index contributed by atoms with van der Waals surface area (Å²) in [5, 5.41) is 0. The van der Waals surface area contributed by atoms with Gasteiger partial charge >= 0.3 is 0 Å². The molecule has 1 aromatic carbocycles. The fourth-order valence-corrected chi connectivity index (χ4v) is 4.26. The first-order valence-electron chi connectivity index (χ1n) is 11.6. The summed E-state index contributed by atoms with van der Waals surface area (Å²) in [6.45, 7) is 24.4. The van der Waals surface area contributed by atoms with Gasteiger partial charge in [0.05, 0.1) is 10.8 Å². The van der Waals surface area contributed by atoms with Crippen molar-refractivity contribution in [3.8, 4) is 0 Å². The predicted octanol–water partition coefficient (Wildman–Crippen LogP) is 8.13. The van der Waals surface area contributed by atoms with E-state index in [9.17, 15) is 0 Å². The highest BCUT2D eigenvalue weighted by Gasteiger charge is 2.43. The maximum atomic E-state index is 4.96. The van der Waals surface area contributed by atoms with E-state index in [1.54, 1.807) is 0 Å². The zero-order valence-corrected chi connectivity index (χ0v) is 20.8. The van der Waals surface area contributed by atoms with Gasteiger partial charge in [-0.2, -0.15) is 4.58 Å². The SMILES string of the molecule is C=CC=CCC(C(C)CC)C(C)c1cccc([N+]2=C(C(C)(C)C)N=C2C(C)(C)C)c1. The van der Waals surface area contributed by atoms with Gasteiger partial charge in [-0.1, -0.05) is 111 Å². The van der Waals surface area contributed by atoms with Crippen LogP contribution in [0.2, 0.25) is 0 Å². The first-order chi connectivity index (χ1) is 13.9. The van der Waals surface area contributed by atoms with Crippen LogP contribution >= 0.6 is 0 Å². The molecule has 164 valence electrons. The fraction of sp³-hybridized carbons (Fsp3) is 0.571. The Balaban J connectivity index is 2.45. The Hall–Kier alpha value is -1.96. The van der Waals surface area contributed by atoms with E-state index in [-0.39, 0.29) is 10.8 Å². The maximum Gasteiger partial charge on any atom is 0.252 e. The zero-order valence-electron chi connectivity index (χ0n) is 20.8. The number of benzene rings is 1. The summed E-state index contributed by atoms with van der Waals surface area (Å²) in [7, 11) is 0. The quantitative estimate of drug-likeness (QED) is 0.305. The van der Waals surface area contributed by atoms with E-state index in [0.29, 0.717) is 17.8 Å². The van der Waals surface area contributed by atoms with E-state index in [4.69, 9.17) is 4.99 Å². The molecular formula is C28H43N2+. The number of amidine groups is 2. The molecule has 1 aliphatic heterocycles. The van der Waals surface area contributed by atoms with Gasteiger partial charge in [0.2, 0.25) is 0 Å². The molecule has 1 aromatic rings. The Bertz CT molecular complexity index is 840. The number of nitrogens with zero attached hydrogens (tertiary/aromatic N) is 2. The highest BCUT2D eigenvalue weighted by Crippen LogP contribution is 2.38. The van der Waals surface area contributed by atoms with E-state index in [0.717, 1.165) is 18.1 Å². The van der Waals surface area contributed by atoms with Crippen molar-refractivity contribution in [2.75, 3.05) is 0 Å². The van der Waals surface area contributed by atoms with Crippen LogP contribution in [0.3, 0.4) is 0 Å². The highest BCUT2D eigenvalue weighted by atomic mass is 15.3. The normalized spacial score (nSPS) is 18.1. The molecule has 0 N–H and O–H groups in total. The fourth-order valence-electron chi connectivity index (χ4n) is 4.26. The van der Waals surface area contributed by atoms with Crippen LogP contribution in [-0.4, -0.2) is 16.2 Å². The largest absolute Gasteiger partial charge is 0.252 e. The lowest BCUT2D eigenvalue weighted by Crippen LogP contribution is -2.46. The van der Waals surface area contributed by atoms with E-state index >= 15 is 0 Å². The summed E-state index contributed by atoms with van der Waals surface area (Å²) < 4.78 is 2.39. The molecule has 3 atom stereocenters. The van der Waals surface area contributed by atoms with Gasteiger partial charge in [0.1, 0.15) is 5.69 Å². The standard InChI is InChI=1S/C28H43N2/c1-11-13-14-18-24(20(3)12-2)21(4)22-16-15-17-23(19-22)30-25(27(5,6)7)29-26(30)28(8,9)10/h11,13-17,19-21,24H,1,12,18H2,2-10H3/q+1. The minimum Gasteiger partial charge on any atom is -0.200 e. The van der Waals surface area contributed by atoms with Crippen LogP contribution in [0.1, 0.15) is 86.6 Å². The summed E-state index contributed by atoms with van der Waals surface area (Å²) in [5.74, 6) is 4.09. The van der Waals surface area contributed by atoms with Gasteiger partial charge in [-0.05, 0) is 41.9 Å². The Morgan fingerprint density at radius 2 is 1.73 bits per heavy atom. The third-order valence-electron chi connectivity index (χ3n) is 6.33. The molecule has 3 unspecified atom stereocenters. The van der Waals surface area contributed by atoms with Gasteiger partial charge in [-0.15, -0.1) is 0 Å². The van der Waals surface area contributed by atoms with Gasteiger partial charge in [0.15, 0.2) is 0 Å². The molecule has 1 aliphatic rings. The zero-order chi connectivity index (χ0) is 22.7. The Morgan fingerprint density at radius 3 is 2.27 bits per heavy atom. The number of rotatable bonds is 8. The van der Waals surface area contributed by atoms with Crippen molar-refractivity contribution in [2.45, 2.75) is 81.1 Å². The lowest BCUT2D eigenvalue weighted by Gasteiger charge is -2.32. The van der Waals surface area contributed by atoms with E-state index < -0.39 is 0 Å². The van der Waals surface area contributed by atoms with Gasteiger partial charge in [-0.25, -0.2) is 0 Å². The average Bonchev–Trinajstić information content (AvgIpc) is 2.61. The van der Waals surface area contributed by atoms with Crippen molar-refractivity contribution in [3.05, 3.63) is 54.6 Å². The lowest BCUT2D eigenvalue weighted by molar-refractivity contribution is -0.338. The summed E-state index contributed by atoms with van der Waals surface area (Å²) in [5.41, 5.74) is 2.70. The van der Waals surface area contributed by atoms with Gasteiger partial charge in [0, 0.05) is 0 Å². The van der Waals surface area contributed by atoms with Gasteiger partial charge in [0.25, 0.3) is 11.7 Å². The van der Waals surface area contributed by atoms with Gasteiger partial charge in [-0.3, -0.25) is 0 Å². The molecule has 0 saturated carbocycles. The summed E-state index contributed by atoms with van der Waals surface area (Å²) in [6.07, 6.45) is 8.51. The topological polar surface area (TPSA) is 15.4 Å². The second-order valence-electron chi connectivity index (χ2n) is 10.9. The van der Waals surface area contributed by atoms with Crippen LogP contribution < -0.4 is 0 Å². The van der Waals surface area contributed by atoms with Crippen molar-refractivity contribution >= 4 is 17.4 Å². The van der Waals surface area contributed by atoms with Crippen molar-refractivity contribution < 1.29 is 4.58 Å². The second-order valence-corrected chi connectivity index (χ2v) is 10.9. The molecule has 0 saturated heterocycles. The number of hydrogen-bond acceptors (Lipinski definition) is 1. The molecule has 0 radical (unpaired) electrons. The Labute approximate surface area is 185 Å².